The Labute approximate surface area is 74.9 Å². The van der Waals surface area contributed by atoms with Gasteiger partial charge in [0.2, 0.25) is 0 Å². The highest BCUT2D eigenvalue weighted by molar-refractivity contribution is 7.99. The van der Waals surface area contributed by atoms with Gasteiger partial charge in [-0.1, -0.05) is 20.8 Å². The zero-order valence-electron chi connectivity index (χ0n) is 7.93. The molecule has 0 aromatic rings. The van der Waals surface area contributed by atoms with Crippen LogP contribution in [-0.2, 0) is 4.74 Å². The lowest BCUT2D eigenvalue weighted by molar-refractivity contribution is 0.138. The van der Waals surface area contributed by atoms with Gasteiger partial charge in [0, 0.05) is 12.4 Å². The number of hydrogen-bond donors (Lipinski definition) is 0. The van der Waals surface area contributed by atoms with Crippen molar-refractivity contribution in [3.05, 3.63) is 0 Å². The molecular weight excluding hydrogens is 156 g/mol. The van der Waals surface area contributed by atoms with Crippen LogP contribution in [0.1, 0.15) is 27.2 Å². The molecule has 0 N–H and O–H groups in total. The van der Waals surface area contributed by atoms with E-state index in [1.807, 2.05) is 11.8 Å². The highest BCUT2D eigenvalue weighted by Gasteiger charge is 1.93. The molecular formula is C9H20OS. The van der Waals surface area contributed by atoms with Gasteiger partial charge in [0.1, 0.15) is 0 Å². The number of thioether (sulfide) groups is 1. The lowest BCUT2D eigenvalue weighted by Crippen LogP contribution is -2.02. The molecule has 0 atom stereocenters. The zero-order valence-corrected chi connectivity index (χ0v) is 8.75. The Morgan fingerprint density at radius 3 is 2.55 bits per heavy atom. The van der Waals surface area contributed by atoms with Crippen molar-refractivity contribution in [3.63, 3.8) is 0 Å². The maximum atomic E-state index is 5.43. The van der Waals surface area contributed by atoms with Crippen LogP contribution in [0.4, 0.5) is 0 Å². The second kappa shape index (κ2) is 8.41. The Balaban J connectivity index is 2.80. The summed E-state index contributed by atoms with van der Waals surface area (Å²) in [5.74, 6) is 3.12. The maximum Gasteiger partial charge on any atom is 0.0556 e. The Kier molecular flexibility index (Phi) is 8.64. The van der Waals surface area contributed by atoms with Crippen molar-refractivity contribution in [1.29, 1.82) is 0 Å². The second-order valence-corrected chi connectivity index (χ2v) is 4.39. The van der Waals surface area contributed by atoms with Gasteiger partial charge in [0.05, 0.1) is 6.61 Å². The topological polar surface area (TPSA) is 9.23 Å². The van der Waals surface area contributed by atoms with E-state index in [0.717, 1.165) is 24.9 Å². The van der Waals surface area contributed by atoms with E-state index in [-0.39, 0.29) is 0 Å². The summed E-state index contributed by atoms with van der Waals surface area (Å²) < 4.78 is 5.43. The van der Waals surface area contributed by atoms with Crippen LogP contribution in [0.25, 0.3) is 0 Å². The summed E-state index contributed by atoms with van der Waals surface area (Å²) in [5.41, 5.74) is 0. The average molecular weight is 176 g/mol. The first-order chi connectivity index (χ1) is 5.27. The van der Waals surface area contributed by atoms with E-state index in [4.69, 9.17) is 4.74 Å². The van der Waals surface area contributed by atoms with Crippen molar-refractivity contribution in [2.45, 2.75) is 27.2 Å². The molecule has 0 spiro atoms. The molecule has 0 fully saturated rings. The van der Waals surface area contributed by atoms with Gasteiger partial charge in [0.15, 0.2) is 0 Å². The first-order valence-corrected chi connectivity index (χ1v) is 5.58. The summed E-state index contributed by atoms with van der Waals surface area (Å²) in [6.07, 6.45) is 1.19. The predicted molar refractivity (Wildman–Crippen MR) is 53.3 cm³/mol. The molecule has 0 aliphatic rings. The number of rotatable bonds is 7. The Morgan fingerprint density at radius 1 is 1.27 bits per heavy atom. The van der Waals surface area contributed by atoms with Crippen LogP contribution < -0.4 is 0 Å². The van der Waals surface area contributed by atoms with Crippen molar-refractivity contribution in [3.8, 4) is 0 Å². The van der Waals surface area contributed by atoms with E-state index in [9.17, 15) is 0 Å². The Hall–Kier alpha value is 0.310. The molecule has 0 rings (SSSR count). The third-order valence-corrected chi connectivity index (χ3v) is 2.28. The van der Waals surface area contributed by atoms with E-state index >= 15 is 0 Å². The molecule has 0 aromatic carbocycles. The molecule has 0 saturated heterocycles. The molecule has 0 aromatic heterocycles. The van der Waals surface area contributed by atoms with Crippen LogP contribution in [0, 0.1) is 5.92 Å². The van der Waals surface area contributed by atoms with Gasteiger partial charge in [-0.3, -0.25) is 0 Å². The van der Waals surface area contributed by atoms with Crippen LogP contribution in [0.5, 0.6) is 0 Å². The van der Waals surface area contributed by atoms with Gasteiger partial charge in [-0.05, 0) is 18.1 Å². The van der Waals surface area contributed by atoms with Gasteiger partial charge in [0.25, 0.3) is 0 Å². The molecule has 0 aliphatic heterocycles. The molecule has 0 bridgehead atoms. The Bertz CT molecular complexity index is 74.0. The lowest BCUT2D eigenvalue weighted by atomic mass is 10.1. The maximum absolute atomic E-state index is 5.43. The summed E-state index contributed by atoms with van der Waals surface area (Å²) in [7, 11) is 0. The minimum Gasteiger partial charge on any atom is -0.381 e. The molecule has 0 saturated carbocycles. The molecule has 11 heavy (non-hydrogen) atoms. The summed E-state index contributed by atoms with van der Waals surface area (Å²) in [5, 5.41) is 0. The van der Waals surface area contributed by atoms with Crippen molar-refractivity contribution in [2.24, 2.45) is 5.92 Å². The zero-order chi connectivity index (χ0) is 8.53. The van der Waals surface area contributed by atoms with Crippen molar-refractivity contribution in [2.75, 3.05) is 24.7 Å². The van der Waals surface area contributed by atoms with Gasteiger partial charge < -0.3 is 4.74 Å². The average Bonchev–Trinajstić information content (AvgIpc) is 1.96. The molecule has 0 aliphatic carbocycles. The number of ether oxygens (including phenoxy) is 1. The van der Waals surface area contributed by atoms with Crippen LogP contribution in [-0.4, -0.2) is 24.7 Å². The molecule has 0 heterocycles. The highest BCUT2D eigenvalue weighted by atomic mass is 32.2. The molecule has 1 nitrogen and oxygen atoms in total. The van der Waals surface area contributed by atoms with E-state index in [1.165, 1.54) is 12.2 Å². The molecule has 0 amide bonds. The van der Waals surface area contributed by atoms with E-state index in [1.54, 1.807) is 0 Å². The quantitative estimate of drug-likeness (QED) is 0.552. The van der Waals surface area contributed by atoms with E-state index < -0.39 is 0 Å². The normalized spacial score (nSPS) is 10.9. The monoisotopic (exact) mass is 176 g/mol. The molecule has 2 heteroatoms. The van der Waals surface area contributed by atoms with Gasteiger partial charge in [-0.15, -0.1) is 0 Å². The fourth-order valence-corrected chi connectivity index (χ4v) is 1.21. The van der Waals surface area contributed by atoms with E-state index in [0.29, 0.717) is 0 Å². The van der Waals surface area contributed by atoms with Crippen LogP contribution in [0.15, 0.2) is 0 Å². The van der Waals surface area contributed by atoms with Crippen LogP contribution >= 0.6 is 11.8 Å². The predicted octanol–water partition coefficient (Wildman–Crippen LogP) is 2.80. The van der Waals surface area contributed by atoms with Crippen LogP contribution in [0.3, 0.4) is 0 Å². The standard InChI is InChI=1S/C9H20OS/c1-4-11-8-7-10-6-5-9(2)3/h9H,4-8H2,1-3H3. The van der Waals surface area contributed by atoms with Gasteiger partial charge in [-0.25, -0.2) is 0 Å². The first-order valence-electron chi connectivity index (χ1n) is 4.42. The van der Waals surface area contributed by atoms with Crippen molar-refractivity contribution < 1.29 is 4.74 Å². The van der Waals surface area contributed by atoms with Gasteiger partial charge in [-0.2, -0.15) is 11.8 Å². The smallest absolute Gasteiger partial charge is 0.0556 e. The molecule has 0 unspecified atom stereocenters. The lowest BCUT2D eigenvalue weighted by Gasteiger charge is -2.05. The number of hydrogen-bond acceptors (Lipinski definition) is 2. The summed E-state index contributed by atoms with van der Waals surface area (Å²) in [6.45, 7) is 8.49. The Morgan fingerprint density at radius 2 is 2.00 bits per heavy atom. The third kappa shape index (κ3) is 10.3. The minimum atomic E-state index is 0.772. The summed E-state index contributed by atoms with van der Waals surface area (Å²) >= 11 is 1.94. The third-order valence-electron chi connectivity index (χ3n) is 1.42. The fraction of sp³-hybridized carbons (Fsp3) is 1.00. The molecule has 0 radical (unpaired) electrons. The first kappa shape index (κ1) is 11.3. The molecule has 68 valence electrons. The summed E-state index contributed by atoms with van der Waals surface area (Å²) in [4.78, 5) is 0. The van der Waals surface area contributed by atoms with Crippen LogP contribution in [0.2, 0.25) is 0 Å². The van der Waals surface area contributed by atoms with Gasteiger partial charge >= 0.3 is 0 Å². The SMILES string of the molecule is CCSCCOCCC(C)C. The summed E-state index contributed by atoms with van der Waals surface area (Å²) in [6, 6.07) is 0. The second-order valence-electron chi connectivity index (χ2n) is 2.99. The van der Waals surface area contributed by atoms with Crippen molar-refractivity contribution in [1.82, 2.24) is 0 Å². The minimum absolute atomic E-state index is 0.772. The fourth-order valence-electron chi connectivity index (χ4n) is 0.683. The van der Waals surface area contributed by atoms with E-state index in [2.05, 4.69) is 20.8 Å². The highest BCUT2D eigenvalue weighted by Crippen LogP contribution is 2.01. The largest absolute Gasteiger partial charge is 0.381 e. The van der Waals surface area contributed by atoms with Crippen molar-refractivity contribution >= 4 is 11.8 Å².